The normalized spacial score (nSPS) is 12.6. The Labute approximate surface area is 129 Å². The molecule has 2 rings (SSSR count). The zero-order valence-corrected chi connectivity index (χ0v) is 13.2. The minimum absolute atomic E-state index is 0.253. The monoisotopic (exact) mass is 309 g/mol. The summed E-state index contributed by atoms with van der Waals surface area (Å²) in [4.78, 5) is 4.38. The molecule has 0 aliphatic rings. The quantitative estimate of drug-likeness (QED) is 0.628. The van der Waals surface area contributed by atoms with Crippen molar-refractivity contribution in [3.05, 3.63) is 46.0 Å². The smallest absolute Gasteiger partial charge is 0.0894 e. The van der Waals surface area contributed by atoms with Crippen LogP contribution in [0.3, 0.4) is 0 Å². The van der Waals surface area contributed by atoms with Crippen molar-refractivity contribution in [1.82, 2.24) is 20.2 Å². The molecule has 0 radical (unpaired) electrons. The summed E-state index contributed by atoms with van der Waals surface area (Å²) in [6.07, 6.45) is 1.62. The van der Waals surface area contributed by atoms with Crippen LogP contribution in [-0.4, -0.2) is 28.5 Å². The lowest BCUT2D eigenvalue weighted by molar-refractivity contribution is 0.182. The van der Waals surface area contributed by atoms with Crippen LogP contribution >= 0.6 is 11.6 Å². The second kappa shape index (κ2) is 7.00. The predicted molar refractivity (Wildman–Crippen MR) is 82.0 cm³/mol. The van der Waals surface area contributed by atoms with Crippen molar-refractivity contribution in [3.63, 3.8) is 0 Å². The van der Waals surface area contributed by atoms with Gasteiger partial charge in [-0.1, -0.05) is 11.6 Å². The van der Waals surface area contributed by atoms with E-state index < -0.39 is 0 Å². The summed E-state index contributed by atoms with van der Waals surface area (Å²) in [6, 6.07) is 3.72. The molecular formula is C14H20ClN5O. The van der Waals surface area contributed by atoms with Gasteiger partial charge >= 0.3 is 0 Å². The Hall–Kier alpha value is -1.47. The Morgan fingerprint density at radius 1 is 1.38 bits per heavy atom. The summed E-state index contributed by atoms with van der Waals surface area (Å²) in [5, 5.41) is 4.86. The van der Waals surface area contributed by atoms with Crippen molar-refractivity contribution in [2.75, 3.05) is 13.7 Å². The molecular weight excluding hydrogens is 290 g/mol. The fraction of sp³-hybridized carbons (Fsp3) is 0.429. The number of hydrogen-bond acceptors (Lipinski definition) is 5. The maximum absolute atomic E-state index is 6.29. The first-order valence-corrected chi connectivity index (χ1v) is 7.06. The molecule has 1 unspecified atom stereocenters. The van der Waals surface area contributed by atoms with Crippen LogP contribution in [0.4, 0.5) is 0 Å². The van der Waals surface area contributed by atoms with E-state index >= 15 is 0 Å². The number of aryl methyl sites for hydroxylation is 2. The van der Waals surface area contributed by atoms with Gasteiger partial charge in [-0.25, -0.2) is 5.43 Å². The highest BCUT2D eigenvalue weighted by atomic mass is 35.5. The summed E-state index contributed by atoms with van der Waals surface area (Å²) in [5.74, 6) is 5.76. The van der Waals surface area contributed by atoms with Crippen molar-refractivity contribution in [1.29, 1.82) is 0 Å². The molecule has 0 aliphatic heterocycles. The lowest BCUT2D eigenvalue weighted by atomic mass is 10.0. The number of methoxy groups -OCH3 is 1. The number of halogens is 1. The van der Waals surface area contributed by atoms with Gasteiger partial charge in [0.25, 0.3) is 0 Å². The largest absolute Gasteiger partial charge is 0.383 e. The predicted octanol–water partition coefficient (Wildman–Crippen LogP) is 1.75. The molecule has 2 aromatic rings. The highest BCUT2D eigenvalue weighted by molar-refractivity contribution is 6.31. The van der Waals surface area contributed by atoms with Crippen molar-refractivity contribution in [2.24, 2.45) is 5.84 Å². The van der Waals surface area contributed by atoms with Crippen molar-refractivity contribution in [3.8, 4) is 0 Å². The first kappa shape index (κ1) is 15.9. The topological polar surface area (TPSA) is 78.0 Å². The molecule has 3 N–H and O–H groups in total. The highest BCUT2D eigenvalue weighted by Crippen LogP contribution is 2.28. The minimum atomic E-state index is -0.253. The fourth-order valence-corrected chi connectivity index (χ4v) is 2.63. The second-order valence-corrected chi connectivity index (χ2v) is 5.28. The average molecular weight is 310 g/mol. The number of rotatable bonds is 6. The van der Waals surface area contributed by atoms with Gasteiger partial charge in [0.15, 0.2) is 0 Å². The third-order valence-corrected chi connectivity index (χ3v) is 3.51. The molecule has 6 nitrogen and oxygen atoms in total. The van der Waals surface area contributed by atoms with Crippen molar-refractivity contribution in [2.45, 2.75) is 26.4 Å². The van der Waals surface area contributed by atoms with Gasteiger partial charge in [0.1, 0.15) is 0 Å². The first-order valence-electron chi connectivity index (χ1n) is 6.68. The van der Waals surface area contributed by atoms with Gasteiger partial charge in [-0.05, 0) is 31.5 Å². The second-order valence-electron chi connectivity index (χ2n) is 4.88. The number of pyridine rings is 1. The van der Waals surface area contributed by atoms with Crippen LogP contribution in [0.2, 0.25) is 5.02 Å². The molecule has 2 heterocycles. The van der Waals surface area contributed by atoms with E-state index in [2.05, 4.69) is 15.5 Å². The van der Waals surface area contributed by atoms with Gasteiger partial charge < -0.3 is 4.74 Å². The van der Waals surface area contributed by atoms with Crippen LogP contribution < -0.4 is 11.3 Å². The van der Waals surface area contributed by atoms with E-state index in [4.69, 9.17) is 22.2 Å². The average Bonchev–Trinajstić information content (AvgIpc) is 2.78. The van der Waals surface area contributed by atoms with E-state index in [1.165, 1.54) is 0 Å². The molecule has 0 aliphatic carbocycles. The number of aromatic nitrogens is 3. The third kappa shape index (κ3) is 3.59. The molecule has 114 valence electrons. The Bertz CT molecular complexity index is 593. The Morgan fingerprint density at radius 3 is 2.62 bits per heavy atom. The summed E-state index contributed by atoms with van der Waals surface area (Å²) in [5.41, 5.74) is 6.51. The van der Waals surface area contributed by atoms with E-state index in [-0.39, 0.29) is 6.04 Å². The lowest BCUT2D eigenvalue weighted by Crippen LogP contribution is -2.31. The molecule has 7 heteroatoms. The van der Waals surface area contributed by atoms with Crippen LogP contribution in [0.5, 0.6) is 0 Å². The number of hydrogen-bond donors (Lipinski definition) is 2. The third-order valence-electron chi connectivity index (χ3n) is 3.22. The van der Waals surface area contributed by atoms with E-state index in [9.17, 15) is 0 Å². The molecule has 0 aromatic carbocycles. The molecule has 0 saturated heterocycles. The zero-order chi connectivity index (χ0) is 15.4. The van der Waals surface area contributed by atoms with Crippen LogP contribution in [0, 0.1) is 13.8 Å². The Morgan fingerprint density at radius 2 is 2.05 bits per heavy atom. The first-order chi connectivity index (χ1) is 10.1. The zero-order valence-electron chi connectivity index (χ0n) is 12.4. The maximum Gasteiger partial charge on any atom is 0.0894 e. The summed E-state index contributed by atoms with van der Waals surface area (Å²) in [6.45, 7) is 5.07. The molecule has 0 bridgehead atoms. The van der Waals surface area contributed by atoms with Gasteiger partial charge in [0.2, 0.25) is 0 Å². The standard InChI is InChI=1S/C14H20ClN5O/c1-9-6-11(7-10(2)18-9)13(19-16)14-12(15)8-17-20(14)4-5-21-3/h6-8,13,19H,4-5,16H2,1-3H3. The Kier molecular flexibility index (Phi) is 5.30. The van der Waals surface area contributed by atoms with Gasteiger partial charge in [0, 0.05) is 18.5 Å². The maximum atomic E-state index is 6.29. The Balaban J connectivity index is 2.43. The van der Waals surface area contributed by atoms with Gasteiger partial charge in [-0.3, -0.25) is 15.5 Å². The molecule has 0 saturated carbocycles. The van der Waals surface area contributed by atoms with E-state index in [0.29, 0.717) is 18.2 Å². The molecule has 21 heavy (non-hydrogen) atoms. The number of hydrazine groups is 1. The summed E-state index contributed by atoms with van der Waals surface area (Å²) in [7, 11) is 1.65. The SMILES string of the molecule is COCCn1ncc(Cl)c1C(NN)c1cc(C)nc(C)c1. The van der Waals surface area contributed by atoms with Crippen molar-refractivity contribution < 1.29 is 4.74 Å². The van der Waals surface area contributed by atoms with Gasteiger partial charge in [-0.2, -0.15) is 5.10 Å². The number of nitrogens with zero attached hydrogens (tertiary/aromatic N) is 3. The summed E-state index contributed by atoms with van der Waals surface area (Å²) < 4.78 is 6.91. The fourth-order valence-electron chi connectivity index (χ4n) is 2.38. The van der Waals surface area contributed by atoms with Gasteiger partial charge in [-0.15, -0.1) is 0 Å². The number of ether oxygens (including phenoxy) is 1. The van der Waals surface area contributed by atoms with E-state index in [1.807, 2.05) is 26.0 Å². The number of nitrogens with two attached hydrogens (primary N) is 1. The van der Waals surface area contributed by atoms with Gasteiger partial charge in [0.05, 0.1) is 36.1 Å². The minimum Gasteiger partial charge on any atom is -0.383 e. The molecule has 1 atom stereocenters. The lowest BCUT2D eigenvalue weighted by Gasteiger charge is -2.19. The molecule has 0 amide bonds. The highest BCUT2D eigenvalue weighted by Gasteiger charge is 2.21. The van der Waals surface area contributed by atoms with Crippen LogP contribution in [0.1, 0.15) is 28.7 Å². The van der Waals surface area contributed by atoms with Crippen molar-refractivity contribution >= 4 is 11.6 Å². The molecule has 0 fully saturated rings. The summed E-state index contributed by atoms with van der Waals surface area (Å²) >= 11 is 6.29. The van der Waals surface area contributed by atoms with Crippen LogP contribution in [0.15, 0.2) is 18.3 Å². The number of nitrogens with one attached hydrogen (secondary N) is 1. The molecule has 0 spiro atoms. The van der Waals surface area contributed by atoms with Crippen LogP contribution in [-0.2, 0) is 11.3 Å². The van der Waals surface area contributed by atoms with Crippen LogP contribution in [0.25, 0.3) is 0 Å². The van der Waals surface area contributed by atoms with E-state index in [0.717, 1.165) is 22.6 Å². The van der Waals surface area contributed by atoms with E-state index in [1.54, 1.807) is 18.0 Å². The molecule has 2 aromatic heterocycles.